The van der Waals surface area contributed by atoms with Crippen molar-refractivity contribution >= 4 is 11.8 Å². The van der Waals surface area contributed by atoms with Gasteiger partial charge in [-0.25, -0.2) is 0 Å². The number of likely N-dealkylation sites (tertiary alicyclic amines) is 1. The second-order valence-electron chi connectivity index (χ2n) is 7.41. The van der Waals surface area contributed by atoms with E-state index in [2.05, 4.69) is 0 Å². The summed E-state index contributed by atoms with van der Waals surface area (Å²) in [6.07, 6.45) is 0. The zero-order valence-corrected chi connectivity index (χ0v) is 18.1. The lowest BCUT2D eigenvalue weighted by molar-refractivity contribution is -0.135. The molecule has 6 heteroatoms. The van der Waals surface area contributed by atoms with Crippen molar-refractivity contribution in [2.45, 2.75) is 19.8 Å². The van der Waals surface area contributed by atoms with Crippen molar-refractivity contribution in [1.29, 1.82) is 0 Å². The first kappa shape index (κ1) is 21.7. The molecule has 2 amide bonds. The van der Waals surface area contributed by atoms with Crippen LogP contribution in [0.3, 0.4) is 0 Å². The van der Waals surface area contributed by atoms with E-state index in [0.29, 0.717) is 37.5 Å². The number of amides is 2. The average molecular weight is 411 g/mol. The Kier molecular flexibility index (Phi) is 6.98. The van der Waals surface area contributed by atoms with Crippen molar-refractivity contribution in [2.24, 2.45) is 5.92 Å². The molecule has 1 saturated heterocycles. The summed E-state index contributed by atoms with van der Waals surface area (Å²) in [7, 11) is 3.21. The van der Waals surface area contributed by atoms with Crippen LogP contribution in [0.15, 0.2) is 48.5 Å². The molecule has 2 aromatic rings. The van der Waals surface area contributed by atoms with Gasteiger partial charge >= 0.3 is 0 Å². The lowest BCUT2D eigenvalue weighted by Gasteiger charge is -2.26. The molecule has 2 aromatic carbocycles. The molecule has 0 aliphatic carbocycles. The molecule has 0 aromatic heterocycles. The maximum absolute atomic E-state index is 13.3. The van der Waals surface area contributed by atoms with E-state index in [1.54, 1.807) is 37.3 Å². The van der Waals surface area contributed by atoms with Crippen LogP contribution < -0.4 is 9.47 Å². The molecule has 1 fully saturated rings. The zero-order chi connectivity index (χ0) is 21.7. The lowest BCUT2D eigenvalue weighted by Crippen LogP contribution is -2.39. The standard InChI is InChI=1S/C24H30N2O4/c1-5-25(6-2)24(28)21-16-26(23(27)17-10-9-11-18(14-17)29-3)15-20(21)19-12-7-8-13-22(19)30-4/h7-14,20-21H,5-6,15-16H2,1-4H3. The largest absolute Gasteiger partial charge is 0.497 e. The van der Waals surface area contributed by atoms with Crippen molar-refractivity contribution in [3.8, 4) is 11.5 Å². The van der Waals surface area contributed by atoms with Gasteiger partial charge < -0.3 is 19.3 Å². The third-order valence-electron chi connectivity index (χ3n) is 5.85. The molecule has 160 valence electrons. The smallest absolute Gasteiger partial charge is 0.254 e. The van der Waals surface area contributed by atoms with Crippen LogP contribution in [0.5, 0.6) is 11.5 Å². The van der Waals surface area contributed by atoms with Crippen LogP contribution in [0.2, 0.25) is 0 Å². The highest BCUT2D eigenvalue weighted by Gasteiger charge is 2.42. The first-order valence-corrected chi connectivity index (χ1v) is 10.4. The fourth-order valence-corrected chi connectivity index (χ4v) is 4.22. The minimum atomic E-state index is -0.309. The highest BCUT2D eigenvalue weighted by atomic mass is 16.5. The number of para-hydroxylation sites is 1. The topological polar surface area (TPSA) is 59.1 Å². The fraction of sp³-hybridized carbons (Fsp3) is 0.417. The fourth-order valence-electron chi connectivity index (χ4n) is 4.22. The molecule has 1 heterocycles. The number of rotatable bonds is 7. The molecule has 1 aliphatic rings. The van der Waals surface area contributed by atoms with E-state index in [4.69, 9.17) is 9.47 Å². The van der Waals surface area contributed by atoms with Crippen molar-refractivity contribution in [1.82, 2.24) is 9.80 Å². The van der Waals surface area contributed by atoms with Gasteiger partial charge in [-0.05, 0) is 43.7 Å². The second-order valence-corrected chi connectivity index (χ2v) is 7.41. The number of ether oxygens (including phenoxy) is 2. The van der Waals surface area contributed by atoms with Gasteiger partial charge in [-0.2, -0.15) is 0 Å². The molecule has 2 unspecified atom stereocenters. The Morgan fingerprint density at radius 2 is 1.73 bits per heavy atom. The van der Waals surface area contributed by atoms with Gasteiger partial charge in [-0.1, -0.05) is 24.3 Å². The SMILES string of the molecule is CCN(CC)C(=O)C1CN(C(=O)c2cccc(OC)c2)CC1c1ccccc1OC. The van der Waals surface area contributed by atoms with E-state index in [1.807, 2.05) is 49.1 Å². The summed E-state index contributed by atoms with van der Waals surface area (Å²) in [6, 6.07) is 14.9. The van der Waals surface area contributed by atoms with Gasteiger partial charge in [0.05, 0.1) is 20.1 Å². The lowest BCUT2D eigenvalue weighted by atomic mass is 9.87. The Morgan fingerprint density at radius 1 is 1.00 bits per heavy atom. The van der Waals surface area contributed by atoms with E-state index >= 15 is 0 Å². The normalized spacial score (nSPS) is 18.2. The summed E-state index contributed by atoms with van der Waals surface area (Å²) in [6.45, 7) is 6.10. The molecule has 0 N–H and O–H groups in total. The van der Waals surface area contributed by atoms with Crippen molar-refractivity contribution in [3.05, 3.63) is 59.7 Å². The number of benzene rings is 2. The molecule has 0 radical (unpaired) electrons. The molecule has 0 bridgehead atoms. The number of nitrogens with zero attached hydrogens (tertiary/aromatic N) is 2. The predicted octanol–water partition coefficient (Wildman–Crippen LogP) is 3.43. The third kappa shape index (κ3) is 4.27. The summed E-state index contributed by atoms with van der Waals surface area (Å²) in [4.78, 5) is 30.2. The molecule has 0 spiro atoms. The summed E-state index contributed by atoms with van der Waals surface area (Å²) in [5, 5.41) is 0. The number of carbonyl (C=O) groups is 2. The Morgan fingerprint density at radius 3 is 2.40 bits per heavy atom. The minimum absolute atomic E-state index is 0.0804. The average Bonchev–Trinajstić information content (AvgIpc) is 3.24. The molecule has 2 atom stereocenters. The Bertz CT molecular complexity index is 894. The summed E-state index contributed by atoms with van der Waals surface area (Å²) < 4.78 is 10.8. The Labute approximate surface area is 178 Å². The maximum Gasteiger partial charge on any atom is 0.254 e. The number of carbonyl (C=O) groups excluding carboxylic acids is 2. The van der Waals surface area contributed by atoms with Crippen molar-refractivity contribution < 1.29 is 19.1 Å². The summed E-state index contributed by atoms with van der Waals surface area (Å²) >= 11 is 0. The highest BCUT2D eigenvalue weighted by Crippen LogP contribution is 2.39. The van der Waals surface area contributed by atoms with E-state index in [-0.39, 0.29) is 23.7 Å². The molecule has 3 rings (SSSR count). The van der Waals surface area contributed by atoms with Crippen molar-refractivity contribution in [3.63, 3.8) is 0 Å². The van der Waals surface area contributed by atoms with Crippen LogP contribution in [0, 0.1) is 5.92 Å². The van der Waals surface area contributed by atoms with Gasteiger partial charge in [0.15, 0.2) is 0 Å². The van der Waals surface area contributed by atoms with E-state index in [0.717, 1.165) is 11.3 Å². The van der Waals surface area contributed by atoms with Gasteiger partial charge in [-0.15, -0.1) is 0 Å². The predicted molar refractivity (Wildman–Crippen MR) is 116 cm³/mol. The Hall–Kier alpha value is -3.02. The highest BCUT2D eigenvalue weighted by molar-refractivity contribution is 5.95. The molecule has 1 aliphatic heterocycles. The van der Waals surface area contributed by atoms with Crippen LogP contribution >= 0.6 is 0 Å². The van der Waals surface area contributed by atoms with E-state index in [1.165, 1.54) is 0 Å². The maximum atomic E-state index is 13.3. The van der Waals surface area contributed by atoms with Gasteiger partial charge in [0.2, 0.25) is 5.91 Å². The van der Waals surface area contributed by atoms with Crippen LogP contribution in [-0.4, -0.2) is 62.0 Å². The third-order valence-corrected chi connectivity index (χ3v) is 5.85. The van der Waals surface area contributed by atoms with Crippen LogP contribution in [0.4, 0.5) is 0 Å². The van der Waals surface area contributed by atoms with Crippen LogP contribution in [-0.2, 0) is 4.79 Å². The summed E-state index contributed by atoms with van der Waals surface area (Å²) in [5.74, 6) is 0.938. The molecule has 6 nitrogen and oxygen atoms in total. The van der Waals surface area contributed by atoms with Gasteiger partial charge in [0, 0.05) is 37.7 Å². The first-order valence-electron chi connectivity index (χ1n) is 10.4. The van der Waals surface area contributed by atoms with Gasteiger partial charge in [-0.3, -0.25) is 9.59 Å². The molecule has 30 heavy (non-hydrogen) atoms. The van der Waals surface area contributed by atoms with Crippen LogP contribution in [0.1, 0.15) is 35.7 Å². The summed E-state index contributed by atoms with van der Waals surface area (Å²) in [5.41, 5.74) is 1.52. The zero-order valence-electron chi connectivity index (χ0n) is 18.1. The Balaban J connectivity index is 1.95. The quantitative estimate of drug-likeness (QED) is 0.702. The van der Waals surface area contributed by atoms with Gasteiger partial charge in [0.25, 0.3) is 5.91 Å². The number of hydrogen-bond donors (Lipinski definition) is 0. The van der Waals surface area contributed by atoms with Gasteiger partial charge in [0.1, 0.15) is 11.5 Å². The molecular weight excluding hydrogens is 380 g/mol. The number of hydrogen-bond acceptors (Lipinski definition) is 4. The minimum Gasteiger partial charge on any atom is -0.497 e. The monoisotopic (exact) mass is 410 g/mol. The molecular formula is C24H30N2O4. The first-order chi connectivity index (χ1) is 14.5. The molecule has 0 saturated carbocycles. The second kappa shape index (κ2) is 9.65. The van der Waals surface area contributed by atoms with Crippen LogP contribution in [0.25, 0.3) is 0 Å². The van der Waals surface area contributed by atoms with E-state index in [9.17, 15) is 9.59 Å². The number of methoxy groups -OCH3 is 2. The van der Waals surface area contributed by atoms with E-state index < -0.39 is 0 Å². The van der Waals surface area contributed by atoms with Crippen molar-refractivity contribution in [2.75, 3.05) is 40.4 Å².